The fourth-order valence-electron chi connectivity index (χ4n) is 4.13. The number of aryl methyl sites for hydroxylation is 1. The number of halogens is 2. The van der Waals surface area contributed by atoms with Crippen molar-refractivity contribution in [3.8, 4) is 0 Å². The largest absolute Gasteiger partial charge is 0.367 e. The van der Waals surface area contributed by atoms with Gasteiger partial charge in [-0.15, -0.1) is 0 Å². The maximum Gasteiger partial charge on any atom is 0.163 e. The van der Waals surface area contributed by atoms with Crippen LogP contribution in [0.1, 0.15) is 49.4 Å². The lowest BCUT2D eigenvalue weighted by molar-refractivity contribution is 0.0949. The van der Waals surface area contributed by atoms with Crippen LogP contribution in [-0.4, -0.2) is 26.4 Å². The molecule has 0 saturated heterocycles. The molecule has 29 heavy (non-hydrogen) atoms. The Kier molecular flexibility index (Phi) is 5.81. The quantitative estimate of drug-likeness (QED) is 0.542. The van der Waals surface area contributed by atoms with Crippen molar-refractivity contribution in [3.63, 3.8) is 0 Å². The summed E-state index contributed by atoms with van der Waals surface area (Å²) in [6, 6.07) is 6.59. The number of carbonyl (C=O) groups excluding carboxylic acids is 1. The average molecular weight is 415 g/mol. The predicted molar refractivity (Wildman–Crippen MR) is 113 cm³/mol. The first-order valence-corrected chi connectivity index (χ1v) is 10.5. The highest BCUT2D eigenvalue weighted by Gasteiger charge is 2.24. The third-order valence-electron chi connectivity index (χ3n) is 5.80. The van der Waals surface area contributed by atoms with Crippen molar-refractivity contribution in [3.05, 3.63) is 53.2 Å². The van der Waals surface area contributed by atoms with E-state index in [1.807, 2.05) is 6.20 Å². The minimum absolute atomic E-state index is 0.00294. The average Bonchev–Trinajstić information content (AvgIpc) is 3.15. The number of rotatable bonds is 6. The Morgan fingerprint density at radius 2 is 2.03 bits per heavy atom. The molecule has 4 rings (SSSR count). The highest BCUT2D eigenvalue weighted by molar-refractivity contribution is 6.31. The van der Waals surface area contributed by atoms with Crippen molar-refractivity contribution in [1.82, 2.24) is 14.5 Å². The first kappa shape index (κ1) is 19.8. The molecule has 1 aliphatic rings. The van der Waals surface area contributed by atoms with Gasteiger partial charge in [0.05, 0.1) is 10.4 Å². The van der Waals surface area contributed by atoms with Crippen molar-refractivity contribution < 1.29 is 9.18 Å². The minimum atomic E-state index is -0.497. The van der Waals surface area contributed by atoms with Crippen LogP contribution in [0.25, 0.3) is 11.0 Å². The number of Topliss-reactive ketones (excluding diaryl/α,β-unsaturated/α-hetero) is 1. The lowest BCUT2D eigenvalue weighted by atomic mass is 9.82. The van der Waals surface area contributed by atoms with Crippen molar-refractivity contribution >= 4 is 34.2 Å². The molecule has 0 amide bonds. The van der Waals surface area contributed by atoms with Crippen LogP contribution in [0.4, 0.5) is 10.2 Å². The summed E-state index contributed by atoms with van der Waals surface area (Å²) < 4.78 is 15.4. The van der Waals surface area contributed by atoms with E-state index < -0.39 is 5.82 Å². The molecule has 2 heterocycles. The molecule has 1 saturated carbocycles. The fourth-order valence-corrected chi connectivity index (χ4v) is 4.31. The van der Waals surface area contributed by atoms with E-state index >= 15 is 0 Å². The molecule has 0 radical (unpaired) electrons. The van der Waals surface area contributed by atoms with Gasteiger partial charge in [0.2, 0.25) is 0 Å². The van der Waals surface area contributed by atoms with Crippen LogP contribution in [0.15, 0.2) is 36.8 Å². The monoisotopic (exact) mass is 414 g/mol. The van der Waals surface area contributed by atoms with Gasteiger partial charge in [0.15, 0.2) is 5.78 Å². The fraction of sp³-hybridized carbons (Fsp3) is 0.409. The molecule has 1 N–H and O–H groups in total. The molecule has 1 aliphatic carbocycles. The summed E-state index contributed by atoms with van der Waals surface area (Å²) in [6.07, 6.45) is 8.05. The van der Waals surface area contributed by atoms with Gasteiger partial charge in [-0.25, -0.2) is 14.4 Å². The van der Waals surface area contributed by atoms with Crippen LogP contribution >= 0.6 is 11.6 Å². The summed E-state index contributed by atoms with van der Waals surface area (Å²) in [5.74, 6) is 0.753. The van der Waals surface area contributed by atoms with E-state index in [0.29, 0.717) is 23.9 Å². The molecule has 2 aromatic heterocycles. The Hall–Kier alpha value is -2.47. The van der Waals surface area contributed by atoms with Gasteiger partial charge in [0.1, 0.15) is 23.6 Å². The summed E-state index contributed by atoms with van der Waals surface area (Å²) in [5, 5.41) is 4.61. The van der Waals surface area contributed by atoms with Crippen LogP contribution < -0.4 is 5.32 Å². The first-order valence-electron chi connectivity index (χ1n) is 10.1. The Morgan fingerprint density at radius 3 is 2.76 bits per heavy atom. The number of nitrogens with zero attached hydrogens (tertiary/aromatic N) is 3. The zero-order chi connectivity index (χ0) is 20.4. The zero-order valence-corrected chi connectivity index (χ0v) is 17.1. The van der Waals surface area contributed by atoms with Gasteiger partial charge < -0.3 is 9.88 Å². The number of aromatic nitrogens is 3. The summed E-state index contributed by atoms with van der Waals surface area (Å²) >= 11 is 5.80. The van der Waals surface area contributed by atoms with Crippen LogP contribution in [-0.2, 0) is 6.54 Å². The first-order chi connectivity index (χ1) is 14.0. The summed E-state index contributed by atoms with van der Waals surface area (Å²) in [5.41, 5.74) is 1.43. The molecular weight excluding hydrogens is 391 g/mol. The lowest BCUT2D eigenvalue weighted by Gasteiger charge is -2.29. The molecule has 0 atom stereocenters. The Labute approximate surface area is 174 Å². The van der Waals surface area contributed by atoms with E-state index in [-0.39, 0.29) is 10.8 Å². The molecule has 0 bridgehead atoms. The SMILES string of the molecule is CCn1ccc2c(NC3CCC(CC(=O)c4ccc(F)c(Cl)c4)CC3)ncnc21. The number of fused-ring (bicyclic) bond motifs is 1. The molecule has 0 spiro atoms. The Balaban J connectivity index is 1.34. The number of nitrogens with one attached hydrogen (secondary N) is 1. The van der Waals surface area contributed by atoms with E-state index in [1.165, 1.54) is 18.2 Å². The summed E-state index contributed by atoms with van der Waals surface area (Å²) in [4.78, 5) is 21.3. The highest BCUT2D eigenvalue weighted by atomic mass is 35.5. The van der Waals surface area contributed by atoms with Crippen LogP contribution in [0.3, 0.4) is 0 Å². The third kappa shape index (κ3) is 4.27. The minimum Gasteiger partial charge on any atom is -0.367 e. The number of carbonyl (C=O) groups is 1. The van der Waals surface area contributed by atoms with E-state index in [4.69, 9.17) is 11.6 Å². The number of anilines is 1. The Bertz CT molecular complexity index is 1030. The normalized spacial score (nSPS) is 19.4. The topological polar surface area (TPSA) is 59.8 Å². The molecule has 0 aliphatic heterocycles. The maximum absolute atomic E-state index is 13.3. The van der Waals surface area contributed by atoms with Crippen LogP contribution in [0, 0.1) is 11.7 Å². The molecule has 0 unspecified atom stereocenters. The van der Waals surface area contributed by atoms with Gasteiger partial charge in [-0.2, -0.15) is 0 Å². The highest BCUT2D eigenvalue weighted by Crippen LogP contribution is 2.31. The number of benzene rings is 1. The molecular formula is C22H24ClFN4O. The van der Waals surface area contributed by atoms with E-state index in [1.54, 1.807) is 6.33 Å². The van der Waals surface area contributed by atoms with Crippen LogP contribution in [0.2, 0.25) is 5.02 Å². The molecule has 152 valence electrons. The van der Waals surface area contributed by atoms with E-state index in [9.17, 15) is 9.18 Å². The lowest BCUT2D eigenvalue weighted by Crippen LogP contribution is -2.27. The van der Waals surface area contributed by atoms with Gasteiger partial charge >= 0.3 is 0 Å². The van der Waals surface area contributed by atoms with Gasteiger partial charge in [0, 0.05) is 30.8 Å². The van der Waals surface area contributed by atoms with Gasteiger partial charge in [-0.3, -0.25) is 4.79 Å². The van der Waals surface area contributed by atoms with Crippen molar-refractivity contribution in [2.24, 2.45) is 5.92 Å². The molecule has 3 aromatic rings. The smallest absolute Gasteiger partial charge is 0.163 e. The molecule has 1 fully saturated rings. The van der Waals surface area contributed by atoms with E-state index in [2.05, 4.69) is 32.8 Å². The molecule has 7 heteroatoms. The number of hydrogen-bond acceptors (Lipinski definition) is 4. The molecule has 5 nitrogen and oxygen atoms in total. The second-order valence-corrected chi connectivity index (χ2v) is 8.09. The molecule has 1 aromatic carbocycles. The predicted octanol–water partition coefficient (Wildman–Crippen LogP) is 5.49. The van der Waals surface area contributed by atoms with Crippen molar-refractivity contribution in [2.75, 3.05) is 5.32 Å². The summed E-state index contributed by atoms with van der Waals surface area (Å²) in [7, 11) is 0. The summed E-state index contributed by atoms with van der Waals surface area (Å²) in [6.45, 7) is 2.97. The number of hydrogen-bond donors (Lipinski definition) is 1. The van der Waals surface area contributed by atoms with Gasteiger partial charge in [-0.05, 0) is 62.8 Å². The van der Waals surface area contributed by atoms with Gasteiger partial charge in [0.25, 0.3) is 0 Å². The second kappa shape index (κ2) is 8.49. The maximum atomic E-state index is 13.3. The van der Waals surface area contributed by atoms with Crippen LogP contribution in [0.5, 0.6) is 0 Å². The Morgan fingerprint density at radius 1 is 1.24 bits per heavy atom. The standard InChI is InChI=1S/C22H24ClFN4O/c1-2-28-10-9-17-21(25-13-26-22(17)28)27-16-6-3-14(4-7-16)11-20(29)15-5-8-19(24)18(23)12-15/h5,8-10,12-14,16H,2-4,6-7,11H2,1H3,(H,25,26,27). The van der Waals surface area contributed by atoms with Gasteiger partial charge in [-0.1, -0.05) is 11.6 Å². The van der Waals surface area contributed by atoms with Crippen molar-refractivity contribution in [1.29, 1.82) is 0 Å². The van der Waals surface area contributed by atoms with E-state index in [0.717, 1.165) is 49.1 Å². The third-order valence-corrected chi connectivity index (χ3v) is 6.09. The zero-order valence-electron chi connectivity index (χ0n) is 16.4. The second-order valence-electron chi connectivity index (χ2n) is 7.68. The number of ketones is 1. The van der Waals surface area contributed by atoms with Crippen molar-refractivity contribution in [2.45, 2.75) is 51.6 Å².